The minimum Gasteiger partial charge on any atom is -0.495 e. The second kappa shape index (κ2) is 11.3. The normalized spacial score (nSPS) is 10.3. The van der Waals surface area contributed by atoms with Crippen molar-refractivity contribution in [2.24, 2.45) is 0 Å². The summed E-state index contributed by atoms with van der Waals surface area (Å²) in [5.41, 5.74) is 0.298. The Morgan fingerprint density at radius 1 is 1.07 bits per heavy atom. The van der Waals surface area contributed by atoms with Crippen LogP contribution in [-0.2, 0) is 14.3 Å². The number of hydrogen-bond acceptors (Lipinski definition) is 7. The molecular formula is C20H20ClNO6S. The van der Waals surface area contributed by atoms with Crippen molar-refractivity contribution in [3.05, 3.63) is 51.2 Å². The lowest BCUT2D eigenvalue weighted by Gasteiger charge is -2.07. The molecule has 0 aliphatic rings. The van der Waals surface area contributed by atoms with Crippen molar-refractivity contribution in [2.45, 2.75) is 19.3 Å². The zero-order valence-corrected chi connectivity index (χ0v) is 17.3. The highest BCUT2D eigenvalue weighted by Crippen LogP contribution is 2.25. The first kappa shape index (κ1) is 22.6. The van der Waals surface area contributed by atoms with Crippen molar-refractivity contribution >= 4 is 46.4 Å². The van der Waals surface area contributed by atoms with Crippen molar-refractivity contribution in [3.63, 3.8) is 0 Å². The zero-order valence-electron chi connectivity index (χ0n) is 15.7. The van der Waals surface area contributed by atoms with Gasteiger partial charge in [-0.2, -0.15) is 0 Å². The smallest absolute Gasteiger partial charge is 0.308 e. The molecule has 0 aliphatic heterocycles. The average Bonchev–Trinajstić information content (AvgIpc) is 3.25. The van der Waals surface area contributed by atoms with Gasteiger partial charge in [0.2, 0.25) is 5.91 Å². The summed E-state index contributed by atoms with van der Waals surface area (Å²) in [6.45, 7) is -0.363. The number of Topliss-reactive ketones (excluding diaryl/α,β-unsaturated/α-hetero) is 2. The Morgan fingerprint density at radius 2 is 1.86 bits per heavy atom. The predicted octanol–water partition coefficient (Wildman–Crippen LogP) is 3.31. The van der Waals surface area contributed by atoms with Crippen LogP contribution in [0.5, 0.6) is 5.75 Å². The third kappa shape index (κ3) is 7.32. The van der Waals surface area contributed by atoms with Gasteiger partial charge in [-0.3, -0.25) is 19.2 Å². The van der Waals surface area contributed by atoms with E-state index in [9.17, 15) is 19.2 Å². The molecule has 1 heterocycles. The maximum absolute atomic E-state index is 12.1. The lowest BCUT2D eigenvalue weighted by molar-refractivity contribution is -0.142. The van der Waals surface area contributed by atoms with Gasteiger partial charge >= 0.3 is 5.97 Å². The maximum Gasteiger partial charge on any atom is 0.308 e. The number of halogens is 1. The summed E-state index contributed by atoms with van der Waals surface area (Å²) in [6, 6.07) is 8.00. The molecule has 9 heteroatoms. The second-order valence-electron chi connectivity index (χ2n) is 5.93. The molecule has 1 N–H and O–H groups in total. The van der Waals surface area contributed by atoms with Crippen LogP contribution in [0.1, 0.15) is 39.3 Å². The largest absolute Gasteiger partial charge is 0.495 e. The van der Waals surface area contributed by atoms with Crippen LogP contribution in [0, 0.1) is 0 Å². The lowest BCUT2D eigenvalue weighted by Crippen LogP contribution is -2.27. The molecule has 2 aromatic rings. The van der Waals surface area contributed by atoms with E-state index in [0.29, 0.717) is 16.2 Å². The first-order valence-corrected chi connectivity index (χ1v) is 10.0. The summed E-state index contributed by atoms with van der Waals surface area (Å²) in [5.74, 6) is -1.00. The zero-order chi connectivity index (χ0) is 21.2. The molecule has 0 bridgehead atoms. The Balaban J connectivity index is 1.64. The van der Waals surface area contributed by atoms with Crippen molar-refractivity contribution in [3.8, 4) is 5.75 Å². The number of nitrogens with one attached hydrogen (secondary N) is 1. The van der Waals surface area contributed by atoms with Crippen LogP contribution in [0.25, 0.3) is 0 Å². The standard InChI is InChI=1S/C20H20ClNO6S/c1-27-17-6-4-13(11-14(17)21)16(24)12-28-20(26)8-9-22-19(25)7-5-15(23)18-3-2-10-29-18/h2-4,6,10-11H,5,7-9,12H2,1H3,(H,22,25). The highest BCUT2D eigenvalue weighted by molar-refractivity contribution is 7.12. The van der Waals surface area contributed by atoms with E-state index in [2.05, 4.69) is 5.32 Å². The fraction of sp³-hybridized carbons (Fsp3) is 0.300. The van der Waals surface area contributed by atoms with Gasteiger partial charge in [0.05, 0.1) is 23.4 Å². The molecule has 2 rings (SSSR count). The molecule has 1 aromatic carbocycles. The minimum atomic E-state index is -0.618. The van der Waals surface area contributed by atoms with Gasteiger partial charge in [0.1, 0.15) is 5.75 Å². The van der Waals surface area contributed by atoms with Crippen molar-refractivity contribution < 1.29 is 28.7 Å². The Morgan fingerprint density at radius 3 is 2.52 bits per heavy atom. The number of ketones is 2. The van der Waals surface area contributed by atoms with E-state index >= 15 is 0 Å². The van der Waals surface area contributed by atoms with Crippen LogP contribution in [-0.4, -0.2) is 43.7 Å². The maximum atomic E-state index is 12.1. The molecule has 0 atom stereocenters. The Labute approximate surface area is 177 Å². The van der Waals surface area contributed by atoms with Gasteiger partial charge in [0.25, 0.3) is 0 Å². The number of hydrogen-bond donors (Lipinski definition) is 1. The monoisotopic (exact) mass is 437 g/mol. The summed E-state index contributed by atoms with van der Waals surface area (Å²) >= 11 is 7.29. The number of rotatable bonds is 11. The van der Waals surface area contributed by atoms with E-state index in [4.69, 9.17) is 21.1 Å². The molecule has 0 aliphatic carbocycles. The first-order chi connectivity index (χ1) is 13.9. The summed E-state index contributed by atoms with van der Waals surface area (Å²) in [6.07, 6.45) is 0.0689. The number of carbonyl (C=O) groups excluding carboxylic acids is 4. The summed E-state index contributed by atoms with van der Waals surface area (Å²) < 4.78 is 9.93. The van der Waals surface area contributed by atoms with Crippen molar-refractivity contribution in [2.75, 3.05) is 20.3 Å². The van der Waals surface area contributed by atoms with Crippen LogP contribution >= 0.6 is 22.9 Å². The van der Waals surface area contributed by atoms with Gasteiger partial charge in [-0.1, -0.05) is 17.7 Å². The topological polar surface area (TPSA) is 98.8 Å². The van der Waals surface area contributed by atoms with Crippen LogP contribution in [0.3, 0.4) is 0 Å². The van der Waals surface area contributed by atoms with Gasteiger partial charge in [-0.05, 0) is 29.6 Å². The molecule has 7 nitrogen and oxygen atoms in total. The SMILES string of the molecule is COc1ccc(C(=O)COC(=O)CCNC(=O)CCC(=O)c2cccs2)cc1Cl. The van der Waals surface area contributed by atoms with Gasteiger partial charge in [-0.15, -0.1) is 11.3 Å². The molecule has 1 amide bonds. The minimum absolute atomic E-state index is 0.0441. The fourth-order valence-corrected chi connectivity index (χ4v) is 3.27. The Kier molecular flexibility index (Phi) is 8.82. The molecule has 0 fully saturated rings. The number of esters is 1. The van der Waals surface area contributed by atoms with Crippen LogP contribution in [0.4, 0.5) is 0 Å². The predicted molar refractivity (Wildman–Crippen MR) is 109 cm³/mol. The van der Waals surface area contributed by atoms with Crippen LogP contribution in [0.2, 0.25) is 5.02 Å². The molecule has 0 unspecified atom stereocenters. The number of carbonyl (C=O) groups is 4. The summed E-state index contributed by atoms with van der Waals surface area (Å²) in [4.78, 5) is 48.0. The average molecular weight is 438 g/mol. The second-order valence-corrected chi connectivity index (χ2v) is 7.29. The van der Waals surface area contributed by atoms with E-state index in [0.717, 1.165) is 0 Å². The van der Waals surface area contributed by atoms with Crippen molar-refractivity contribution in [1.29, 1.82) is 0 Å². The third-order valence-electron chi connectivity index (χ3n) is 3.86. The number of benzene rings is 1. The highest BCUT2D eigenvalue weighted by Gasteiger charge is 2.13. The first-order valence-electron chi connectivity index (χ1n) is 8.76. The van der Waals surface area contributed by atoms with Crippen molar-refractivity contribution in [1.82, 2.24) is 5.32 Å². The van der Waals surface area contributed by atoms with E-state index in [1.165, 1.54) is 30.6 Å². The molecule has 1 aromatic heterocycles. The number of methoxy groups -OCH3 is 1. The van der Waals surface area contributed by atoms with Crippen LogP contribution in [0.15, 0.2) is 35.7 Å². The quantitative estimate of drug-likeness (QED) is 0.427. The van der Waals surface area contributed by atoms with E-state index in [-0.39, 0.29) is 42.5 Å². The molecule has 154 valence electrons. The number of amides is 1. The summed E-state index contributed by atoms with van der Waals surface area (Å²) in [7, 11) is 1.46. The molecule has 0 spiro atoms. The molecule has 0 radical (unpaired) electrons. The summed E-state index contributed by atoms with van der Waals surface area (Å²) in [5, 5.41) is 4.63. The van der Waals surface area contributed by atoms with E-state index in [1.807, 2.05) is 0 Å². The highest BCUT2D eigenvalue weighted by atomic mass is 35.5. The molecule has 0 saturated carbocycles. The molecule has 0 saturated heterocycles. The van der Waals surface area contributed by atoms with E-state index in [1.54, 1.807) is 23.6 Å². The van der Waals surface area contributed by atoms with Gasteiger partial charge in [0.15, 0.2) is 18.2 Å². The lowest BCUT2D eigenvalue weighted by atomic mass is 10.1. The number of thiophene rings is 1. The van der Waals surface area contributed by atoms with Gasteiger partial charge in [-0.25, -0.2) is 0 Å². The molecule has 29 heavy (non-hydrogen) atoms. The Bertz CT molecular complexity index is 881. The van der Waals surface area contributed by atoms with Gasteiger partial charge in [0, 0.05) is 24.9 Å². The molecular weight excluding hydrogens is 418 g/mol. The Hall–Kier alpha value is -2.71. The fourth-order valence-electron chi connectivity index (χ4n) is 2.32. The number of ether oxygens (including phenoxy) is 2. The van der Waals surface area contributed by atoms with Gasteiger partial charge < -0.3 is 14.8 Å². The third-order valence-corrected chi connectivity index (χ3v) is 5.07. The van der Waals surface area contributed by atoms with E-state index < -0.39 is 18.4 Å². The van der Waals surface area contributed by atoms with Crippen LogP contribution < -0.4 is 10.1 Å².